The molecule has 1 aromatic rings. The van der Waals surface area contributed by atoms with Crippen molar-refractivity contribution in [2.75, 3.05) is 6.61 Å². The van der Waals surface area contributed by atoms with Crippen LogP contribution in [-0.2, 0) is 4.79 Å². The minimum Gasteiger partial charge on any atom is -0.491 e. The number of carboxylic acids is 1. The molecule has 0 aliphatic carbocycles. The van der Waals surface area contributed by atoms with Gasteiger partial charge in [0, 0.05) is 16.7 Å². The highest BCUT2D eigenvalue weighted by Gasteiger charge is 2.09. The van der Waals surface area contributed by atoms with E-state index in [1.807, 2.05) is 6.08 Å². The fourth-order valence-corrected chi connectivity index (χ4v) is 2.32. The van der Waals surface area contributed by atoms with Gasteiger partial charge in [0.15, 0.2) is 0 Å². The zero-order valence-electron chi connectivity index (χ0n) is 11.6. The largest absolute Gasteiger partial charge is 0.491 e. The van der Waals surface area contributed by atoms with Gasteiger partial charge in [0.2, 0.25) is 0 Å². The molecule has 0 aromatic heterocycles. The van der Waals surface area contributed by atoms with Crippen LogP contribution in [0.15, 0.2) is 30.9 Å². The summed E-state index contributed by atoms with van der Waals surface area (Å²) in [5.74, 6) is -0.580. The summed E-state index contributed by atoms with van der Waals surface area (Å²) >= 11 is 12.0. The Bertz CT molecular complexity index is 524. The van der Waals surface area contributed by atoms with Gasteiger partial charge >= 0.3 is 5.97 Å². The van der Waals surface area contributed by atoms with Crippen molar-refractivity contribution in [1.29, 1.82) is 0 Å². The summed E-state index contributed by atoms with van der Waals surface area (Å²) in [6.07, 6.45) is 8.35. The third kappa shape index (κ3) is 6.69. The molecular formula is C16H18Cl2O3. The zero-order valence-corrected chi connectivity index (χ0v) is 13.2. The fraction of sp³-hybridized carbons (Fsp3) is 0.312. The number of carboxylic acid groups (broad SMARTS) is 1. The first kappa shape index (κ1) is 17.6. The number of hydrogen-bond acceptors (Lipinski definition) is 2. The van der Waals surface area contributed by atoms with E-state index < -0.39 is 5.97 Å². The van der Waals surface area contributed by atoms with Crippen LogP contribution in [0.2, 0.25) is 10.0 Å². The summed E-state index contributed by atoms with van der Waals surface area (Å²) in [5, 5.41) is 9.51. The molecule has 1 aromatic carbocycles. The summed E-state index contributed by atoms with van der Waals surface area (Å²) in [4.78, 5) is 10.6. The molecule has 0 aliphatic heterocycles. The van der Waals surface area contributed by atoms with Gasteiger partial charge in [0.05, 0.1) is 11.6 Å². The lowest BCUT2D eigenvalue weighted by atomic mass is 10.1. The van der Waals surface area contributed by atoms with Crippen LogP contribution in [0.5, 0.6) is 5.75 Å². The van der Waals surface area contributed by atoms with Crippen LogP contribution in [0.25, 0.3) is 6.08 Å². The van der Waals surface area contributed by atoms with Crippen molar-refractivity contribution in [3.8, 4) is 5.75 Å². The van der Waals surface area contributed by atoms with Crippen LogP contribution >= 0.6 is 23.2 Å². The van der Waals surface area contributed by atoms with Gasteiger partial charge in [-0.2, -0.15) is 0 Å². The van der Waals surface area contributed by atoms with Crippen LogP contribution in [0.3, 0.4) is 0 Å². The van der Waals surface area contributed by atoms with Crippen LogP contribution in [0.1, 0.15) is 31.2 Å². The Hall–Kier alpha value is -1.45. The predicted molar refractivity (Wildman–Crippen MR) is 87.3 cm³/mol. The highest BCUT2D eigenvalue weighted by atomic mass is 35.5. The van der Waals surface area contributed by atoms with E-state index in [-0.39, 0.29) is 0 Å². The molecule has 5 heteroatoms. The van der Waals surface area contributed by atoms with Crippen molar-refractivity contribution >= 4 is 35.2 Å². The van der Waals surface area contributed by atoms with Gasteiger partial charge in [-0.1, -0.05) is 29.3 Å². The van der Waals surface area contributed by atoms with Gasteiger partial charge < -0.3 is 9.84 Å². The van der Waals surface area contributed by atoms with Crippen LogP contribution in [-0.4, -0.2) is 17.7 Å². The first-order valence-electron chi connectivity index (χ1n) is 6.68. The van der Waals surface area contributed by atoms with Crippen molar-refractivity contribution in [2.24, 2.45) is 0 Å². The lowest BCUT2D eigenvalue weighted by Gasteiger charge is -2.11. The van der Waals surface area contributed by atoms with E-state index in [1.165, 1.54) is 6.08 Å². The molecule has 0 bridgehead atoms. The molecule has 0 spiro atoms. The number of carbonyl (C=O) groups is 1. The third-order valence-corrected chi connectivity index (χ3v) is 3.24. The number of halogens is 2. The summed E-state index contributed by atoms with van der Waals surface area (Å²) in [6.45, 7) is 4.20. The van der Waals surface area contributed by atoms with Crippen molar-refractivity contribution in [1.82, 2.24) is 0 Å². The van der Waals surface area contributed by atoms with E-state index >= 15 is 0 Å². The molecular weight excluding hydrogens is 311 g/mol. The number of rotatable bonds is 9. The molecule has 0 aliphatic rings. The summed E-state index contributed by atoms with van der Waals surface area (Å²) in [5.41, 5.74) is 0.556. The zero-order chi connectivity index (χ0) is 15.7. The number of allylic oxidation sites excluding steroid dienone is 1. The first-order chi connectivity index (χ1) is 10.0. The van der Waals surface area contributed by atoms with Crippen molar-refractivity contribution in [3.05, 3.63) is 46.5 Å². The minimum absolute atomic E-state index is 0.374. The molecule has 0 atom stereocenters. The first-order valence-corrected chi connectivity index (χ1v) is 7.44. The average molecular weight is 329 g/mol. The Morgan fingerprint density at radius 1 is 1.29 bits per heavy atom. The number of aliphatic carboxylic acids is 1. The highest BCUT2D eigenvalue weighted by Crippen LogP contribution is 2.33. The number of unbranched alkanes of at least 4 members (excludes halogenated alkanes) is 3. The molecule has 0 fully saturated rings. The summed E-state index contributed by atoms with van der Waals surface area (Å²) < 4.78 is 5.67. The predicted octanol–water partition coefficient (Wildman–Crippen LogP) is 5.22. The van der Waals surface area contributed by atoms with Gasteiger partial charge in [-0.15, -0.1) is 6.58 Å². The van der Waals surface area contributed by atoms with E-state index in [0.29, 0.717) is 28.0 Å². The maximum absolute atomic E-state index is 10.6. The van der Waals surface area contributed by atoms with Gasteiger partial charge in [-0.3, -0.25) is 0 Å². The Balaban J connectivity index is 2.70. The Morgan fingerprint density at radius 3 is 2.71 bits per heavy atom. The van der Waals surface area contributed by atoms with Crippen molar-refractivity contribution in [2.45, 2.75) is 25.7 Å². The van der Waals surface area contributed by atoms with E-state index in [2.05, 4.69) is 6.58 Å². The monoisotopic (exact) mass is 328 g/mol. The molecule has 3 nitrogen and oxygen atoms in total. The maximum Gasteiger partial charge on any atom is 0.328 e. The maximum atomic E-state index is 10.6. The Morgan fingerprint density at radius 2 is 2.05 bits per heavy atom. The number of benzene rings is 1. The molecule has 0 radical (unpaired) electrons. The molecule has 1 N–H and O–H groups in total. The molecule has 114 valence electrons. The van der Waals surface area contributed by atoms with E-state index in [4.69, 9.17) is 33.0 Å². The van der Waals surface area contributed by atoms with E-state index in [1.54, 1.807) is 12.1 Å². The molecule has 0 saturated heterocycles. The minimum atomic E-state index is -1.04. The second-order valence-electron chi connectivity index (χ2n) is 4.46. The lowest BCUT2D eigenvalue weighted by Crippen LogP contribution is -2.00. The van der Waals surface area contributed by atoms with Gasteiger partial charge in [0.25, 0.3) is 0 Å². The lowest BCUT2D eigenvalue weighted by molar-refractivity contribution is -0.131. The topological polar surface area (TPSA) is 46.5 Å². The van der Waals surface area contributed by atoms with Gasteiger partial charge in [0.1, 0.15) is 5.75 Å². The standard InChI is InChI=1S/C16H18Cl2O3/c1-2-3-4-5-6-9-21-16-12(7-8-15(19)20)10-13(17)11-14(16)18/h2,7-8,10-11H,1,3-6,9H2,(H,19,20)/b8-7+. The van der Waals surface area contributed by atoms with Gasteiger partial charge in [-0.05, 0) is 43.9 Å². The van der Waals surface area contributed by atoms with E-state index in [9.17, 15) is 4.79 Å². The molecule has 0 heterocycles. The van der Waals surface area contributed by atoms with Crippen molar-refractivity contribution in [3.63, 3.8) is 0 Å². The number of hydrogen-bond donors (Lipinski definition) is 1. The van der Waals surface area contributed by atoms with Crippen molar-refractivity contribution < 1.29 is 14.6 Å². The third-order valence-electron chi connectivity index (χ3n) is 2.74. The molecule has 1 rings (SSSR count). The van der Waals surface area contributed by atoms with Crippen LogP contribution in [0, 0.1) is 0 Å². The Labute approximate surface area is 134 Å². The molecule has 0 amide bonds. The Kier molecular flexibility index (Phi) is 7.95. The molecule has 0 unspecified atom stereocenters. The fourth-order valence-electron chi connectivity index (χ4n) is 1.76. The highest BCUT2D eigenvalue weighted by molar-refractivity contribution is 6.35. The second kappa shape index (κ2) is 9.48. The quantitative estimate of drug-likeness (QED) is 0.384. The average Bonchev–Trinajstić information content (AvgIpc) is 2.42. The second-order valence-corrected chi connectivity index (χ2v) is 5.31. The molecule has 0 saturated carbocycles. The summed E-state index contributed by atoms with van der Waals surface area (Å²) in [6, 6.07) is 3.20. The SMILES string of the molecule is C=CCCCCCOc1c(Cl)cc(Cl)cc1/C=C/C(=O)O. The normalized spacial score (nSPS) is 10.8. The van der Waals surface area contributed by atoms with Crippen LogP contribution in [0.4, 0.5) is 0 Å². The van der Waals surface area contributed by atoms with Crippen LogP contribution < -0.4 is 4.74 Å². The summed E-state index contributed by atoms with van der Waals surface area (Å²) in [7, 11) is 0. The molecule has 21 heavy (non-hydrogen) atoms. The number of ether oxygens (including phenoxy) is 1. The smallest absolute Gasteiger partial charge is 0.328 e. The van der Waals surface area contributed by atoms with E-state index in [0.717, 1.165) is 31.8 Å². The van der Waals surface area contributed by atoms with Gasteiger partial charge in [-0.25, -0.2) is 4.79 Å².